The zero-order chi connectivity index (χ0) is 15.3. The van der Waals surface area contributed by atoms with E-state index in [-0.39, 0.29) is 23.1 Å². The van der Waals surface area contributed by atoms with Gasteiger partial charge in [0.15, 0.2) is 0 Å². The minimum Gasteiger partial charge on any atom is -0.477 e. The lowest BCUT2D eigenvalue weighted by molar-refractivity contribution is 0.0176. The Hall–Kier alpha value is -1.95. The van der Waals surface area contributed by atoms with Gasteiger partial charge in [-0.15, -0.1) is 0 Å². The van der Waals surface area contributed by atoms with E-state index in [1.54, 1.807) is 7.11 Å². The average molecular weight is 280 g/mol. The Morgan fingerprint density at radius 2 is 2.05 bits per heavy atom. The fourth-order valence-corrected chi connectivity index (χ4v) is 1.69. The standard InChI is InChI=1S/C14H20N2O4/c1-14(2,3)11(20-4)8-16-12(17)9-5-6-10(13(18)19)15-7-9/h5-7,11H,8H2,1-4H3,(H,16,17)(H,18,19). The lowest BCUT2D eigenvalue weighted by Crippen LogP contribution is -2.40. The number of carboxylic acid groups (broad SMARTS) is 1. The highest BCUT2D eigenvalue weighted by atomic mass is 16.5. The van der Waals surface area contributed by atoms with Gasteiger partial charge in [0.1, 0.15) is 5.69 Å². The van der Waals surface area contributed by atoms with Gasteiger partial charge in [-0.3, -0.25) is 4.79 Å². The number of nitrogens with one attached hydrogen (secondary N) is 1. The maximum atomic E-state index is 11.9. The molecule has 0 saturated carbocycles. The quantitative estimate of drug-likeness (QED) is 0.854. The highest BCUT2D eigenvalue weighted by molar-refractivity contribution is 5.94. The lowest BCUT2D eigenvalue weighted by Gasteiger charge is -2.29. The van der Waals surface area contributed by atoms with Crippen molar-refractivity contribution in [3.8, 4) is 0 Å². The second-order valence-corrected chi connectivity index (χ2v) is 5.54. The fraction of sp³-hybridized carbons (Fsp3) is 0.500. The third-order valence-corrected chi connectivity index (χ3v) is 2.94. The molecule has 1 rings (SSSR count). The van der Waals surface area contributed by atoms with Gasteiger partial charge in [-0.1, -0.05) is 20.8 Å². The molecule has 1 unspecified atom stereocenters. The maximum absolute atomic E-state index is 11.9. The van der Waals surface area contributed by atoms with E-state index >= 15 is 0 Å². The largest absolute Gasteiger partial charge is 0.477 e. The number of hydrogen-bond donors (Lipinski definition) is 2. The Balaban J connectivity index is 2.65. The van der Waals surface area contributed by atoms with Crippen LogP contribution in [-0.4, -0.2) is 41.7 Å². The normalized spacial score (nSPS) is 12.8. The summed E-state index contributed by atoms with van der Waals surface area (Å²) in [5.74, 6) is -1.43. The first-order valence-corrected chi connectivity index (χ1v) is 6.26. The predicted octanol–water partition coefficient (Wildman–Crippen LogP) is 1.57. The van der Waals surface area contributed by atoms with E-state index in [9.17, 15) is 9.59 Å². The molecule has 0 aliphatic rings. The summed E-state index contributed by atoms with van der Waals surface area (Å²) in [5, 5.41) is 11.5. The van der Waals surface area contributed by atoms with Crippen LogP contribution in [-0.2, 0) is 4.74 Å². The molecule has 1 aromatic rings. The second kappa shape index (κ2) is 6.47. The summed E-state index contributed by atoms with van der Waals surface area (Å²) < 4.78 is 5.34. The first-order valence-electron chi connectivity index (χ1n) is 6.26. The van der Waals surface area contributed by atoms with E-state index in [4.69, 9.17) is 9.84 Å². The number of amides is 1. The maximum Gasteiger partial charge on any atom is 0.354 e. The van der Waals surface area contributed by atoms with E-state index in [2.05, 4.69) is 10.3 Å². The Kier molecular flexibility index (Phi) is 5.21. The van der Waals surface area contributed by atoms with Crippen molar-refractivity contribution in [3.05, 3.63) is 29.6 Å². The van der Waals surface area contributed by atoms with Gasteiger partial charge in [-0.25, -0.2) is 9.78 Å². The number of rotatable bonds is 5. The number of nitrogens with zero attached hydrogens (tertiary/aromatic N) is 1. The van der Waals surface area contributed by atoms with Crippen LogP contribution in [0.2, 0.25) is 0 Å². The molecule has 1 aromatic heterocycles. The highest BCUT2D eigenvalue weighted by Crippen LogP contribution is 2.21. The summed E-state index contributed by atoms with van der Waals surface area (Å²) in [4.78, 5) is 26.3. The summed E-state index contributed by atoms with van der Waals surface area (Å²) >= 11 is 0. The molecule has 6 heteroatoms. The molecular weight excluding hydrogens is 260 g/mol. The molecule has 0 aromatic carbocycles. The molecule has 20 heavy (non-hydrogen) atoms. The number of aromatic nitrogens is 1. The zero-order valence-corrected chi connectivity index (χ0v) is 12.1. The summed E-state index contributed by atoms with van der Waals surface area (Å²) in [6.45, 7) is 6.45. The van der Waals surface area contributed by atoms with Crippen LogP contribution >= 0.6 is 0 Å². The molecule has 0 spiro atoms. The number of ether oxygens (including phenoxy) is 1. The van der Waals surface area contributed by atoms with E-state index in [0.717, 1.165) is 0 Å². The number of pyridine rings is 1. The van der Waals surface area contributed by atoms with Gasteiger partial charge in [0.25, 0.3) is 5.91 Å². The van der Waals surface area contributed by atoms with Crippen molar-refractivity contribution in [2.75, 3.05) is 13.7 Å². The van der Waals surface area contributed by atoms with Gasteiger partial charge in [-0.2, -0.15) is 0 Å². The van der Waals surface area contributed by atoms with Crippen LogP contribution in [0.1, 0.15) is 41.6 Å². The Morgan fingerprint density at radius 1 is 1.40 bits per heavy atom. The van der Waals surface area contributed by atoms with Gasteiger partial charge >= 0.3 is 5.97 Å². The molecule has 0 radical (unpaired) electrons. The number of carboxylic acids is 1. The fourth-order valence-electron chi connectivity index (χ4n) is 1.69. The Labute approximate surface area is 118 Å². The molecule has 0 fully saturated rings. The van der Waals surface area contributed by atoms with Crippen molar-refractivity contribution < 1.29 is 19.4 Å². The van der Waals surface area contributed by atoms with Crippen molar-refractivity contribution >= 4 is 11.9 Å². The number of aromatic carboxylic acids is 1. The molecule has 1 atom stereocenters. The van der Waals surface area contributed by atoms with Crippen LogP contribution in [0.5, 0.6) is 0 Å². The van der Waals surface area contributed by atoms with Crippen LogP contribution in [0.4, 0.5) is 0 Å². The van der Waals surface area contributed by atoms with E-state index < -0.39 is 5.97 Å². The van der Waals surface area contributed by atoms with Crippen molar-refractivity contribution in [1.82, 2.24) is 10.3 Å². The highest BCUT2D eigenvalue weighted by Gasteiger charge is 2.24. The van der Waals surface area contributed by atoms with E-state index in [1.165, 1.54) is 18.3 Å². The number of carbonyl (C=O) groups is 2. The SMILES string of the molecule is COC(CNC(=O)c1ccc(C(=O)O)nc1)C(C)(C)C. The van der Waals surface area contributed by atoms with Crippen LogP contribution < -0.4 is 5.32 Å². The van der Waals surface area contributed by atoms with Crippen molar-refractivity contribution in [1.29, 1.82) is 0 Å². The van der Waals surface area contributed by atoms with Gasteiger partial charge in [0, 0.05) is 19.9 Å². The summed E-state index contributed by atoms with van der Waals surface area (Å²) in [7, 11) is 1.60. The molecule has 2 N–H and O–H groups in total. The van der Waals surface area contributed by atoms with Crippen molar-refractivity contribution in [3.63, 3.8) is 0 Å². The third kappa shape index (κ3) is 4.31. The molecule has 1 heterocycles. The molecule has 0 aliphatic carbocycles. The molecule has 0 aliphatic heterocycles. The van der Waals surface area contributed by atoms with Gasteiger partial charge in [0.05, 0.1) is 11.7 Å². The van der Waals surface area contributed by atoms with E-state index in [0.29, 0.717) is 12.1 Å². The lowest BCUT2D eigenvalue weighted by atomic mass is 9.89. The Bertz CT molecular complexity index is 477. The third-order valence-electron chi connectivity index (χ3n) is 2.94. The molecule has 6 nitrogen and oxygen atoms in total. The van der Waals surface area contributed by atoms with Crippen LogP contribution in [0.3, 0.4) is 0 Å². The van der Waals surface area contributed by atoms with Crippen LogP contribution in [0.25, 0.3) is 0 Å². The minimum absolute atomic E-state index is 0.0898. The van der Waals surface area contributed by atoms with E-state index in [1.807, 2.05) is 20.8 Å². The molecule has 0 saturated heterocycles. The smallest absolute Gasteiger partial charge is 0.354 e. The molecule has 110 valence electrons. The molecular formula is C14H20N2O4. The average Bonchev–Trinajstić information content (AvgIpc) is 2.37. The predicted molar refractivity (Wildman–Crippen MR) is 73.8 cm³/mol. The molecule has 1 amide bonds. The first kappa shape index (κ1) is 16.1. The Morgan fingerprint density at radius 3 is 2.45 bits per heavy atom. The minimum atomic E-state index is -1.12. The summed E-state index contributed by atoms with van der Waals surface area (Å²) in [6.07, 6.45) is 1.13. The van der Waals surface area contributed by atoms with Crippen LogP contribution in [0, 0.1) is 5.41 Å². The summed E-state index contributed by atoms with van der Waals surface area (Å²) in [5.41, 5.74) is 0.137. The van der Waals surface area contributed by atoms with Gasteiger partial charge in [-0.05, 0) is 17.5 Å². The van der Waals surface area contributed by atoms with Crippen LogP contribution in [0.15, 0.2) is 18.3 Å². The van der Waals surface area contributed by atoms with Crippen molar-refractivity contribution in [2.24, 2.45) is 5.41 Å². The first-order chi connectivity index (χ1) is 9.25. The topological polar surface area (TPSA) is 88.5 Å². The van der Waals surface area contributed by atoms with Crippen molar-refractivity contribution in [2.45, 2.75) is 26.9 Å². The summed E-state index contributed by atoms with van der Waals surface area (Å²) in [6, 6.07) is 2.74. The number of methoxy groups -OCH3 is 1. The van der Waals surface area contributed by atoms with Gasteiger partial charge < -0.3 is 15.2 Å². The number of hydrogen-bond acceptors (Lipinski definition) is 4. The zero-order valence-electron chi connectivity index (χ0n) is 12.1. The number of carbonyl (C=O) groups excluding carboxylic acids is 1. The van der Waals surface area contributed by atoms with Gasteiger partial charge in [0.2, 0.25) is 0 Å². The second-order valence-electron chi connectivity index (χ2n) is 5.54. The molecule has 0 bridgehead atoms. The monoisotopic (exact) mass is 280 g/mol.